The highest BCUT2D eigenvalue weighted by Crippen LogP contribution is 2.35. The molecule has 16 heavy (non-hydrogen) atoms. The SMILES string of the molecule is CCNC1CCCC1Sc1nc(CC)ns1. The predicted molar refractivity (Wildman–Crippen MR) is 70.2 cm³/mol. The lowest BCUT2D eigenvalue weighted by molar-refractivity contribution is 0.551. The minimum absolute atomic E-state index is 0.670. The molecule has 1 aliphatic carbocycles. The van der Waals surface area contributed by atoms with E-state index in [1.165, 1.54) is 19.3 Å². The van der Waals surface area contributed by atoms with Crippen molar-refractivity contribution in [3.63, 3.8) is 0 Å². The van der Waals surface area contributed by atoms with Crippen molar-refractivity contribution in [3.8, 4) is 0 Å². The summed E-state index contributed by atoms with van der Waals surface area (Å²) in [7, 11) is 0. The van der Waals surface area contributed by atoms with E-state index < -0.39 is 0 Å². The van der Waals surface area contributed by atoms with Gasteiger partial charge in [0.05, 0.1) is 0 Å². The standard InChI is InChI=1S/C11H19N3S2/c1-3-10-13-11(16-14-10)15-9-7-5-6-8(9)12-4-2/h8-9,12H,3-7H2,1-2H3. The molecule has 0 bridgehead atoms. The summed E-state index contributed by atoms with van der Waals surface area (Å²) in [5.41, 5.74) is 0. The molecule has 0 aromatic carbocycles. The van der Waals surface area contributed by atoms with Gasteiger partial charge in [0, 0.05) is 17.7 Å². The quantitative estimate of drug-likeness (QED) is 0.880. The Balaban J connectivity index is 1.92. The number of nitrogens with zero attached hydrogens (tertiary/aromatic N) is 2. The van der Waals surface area contributed by atoms with Crippen LogP contribution in [0.25, 0.3) is 0 Å². The third-order valence-corrected chi connectivity index (χ3v) is 5.16. The van der Waals surface area contributed by atoms with Crippen LogP contribution in [0.2, 0.25) is 0 Å². The summed E-state index contributed by atoms with van der Waals surface area (Å²) < 4.78 is 5.48. The van der Waals surface area contributed by atoms with Crippen molar-refractivity contribution in [2.24, 2.45) is 0 Å². The first-order valence-corrected chi connectivity index (χ1v) is 7.71. The zero-order chi connectivity index (χ0) is 11.4. The van der Waals surface area contributed by atoms with Crippen molar-refractivity contribution < 1.29 is 0 Å². The largest absolute Gasteiger partial charge is 0.313 e. The second-order valence-corrected chi connectivity index (χ2v) is 6.32. The number of nitrogens with one attached hydrogen (secondary N) is 1. The minimum Gasteiger partial charge on any atom is -0.313 e. The van der Waals surface area contributed by atoms with Crippen LogP contribution in [0.5, 0.6) is 0 Å². The molecule has 0 radical (unpaired) electrons. The van der Waals surface area contributed by atoms with Gasteiger partial charge in [-0.05, 0) is 30.9 Å². The van der Waals surface area contributed by atoms with Gasteiger partial charge in [0.1, 0.15) is 5.82 Å². The molecule has 2 unspecified atom stereocenters. The van der Waals surface area contributed by atoms with Gasteiger partial charge in [-0.2, -0.15) is 4.37 Å². The highest BCUT2D eigenvalue weighted by molar-refractivity contribution is 8.01. The summed E-state index contributed by atoms with van der Waals surface area (Å²) in [6.45, 7) is 5.35. The van der Waals surface area contributed by atoms with E-state index in [-0.39, 0.29) is 0 Å². The number of aromatic nitrogens is 2. The Morgan fingerprint density at radius 3 is 3.00 bits per heavy atom. The van der Waals surface area contributed by atoms with Crippen molar-refractivity contribution in [1.82, 2.24) is 14.7 Å². The lowest BCUT2D eigenvalue weighted by Crippen LogP contribution is -2.33. The monoisotopic (exact) mass is 257 g/mol. The van der Waals surface area contributed by atoms with Crippen molar-refractivity contribution in [2.45, 2.75) is 55.2 Å². The molecule has 1 heterocycles. The van der Waals surface area contributed by atoms with E-state index in [9.17, 15) is 0 Å². The van der Waals surface area contributed by atoms with Gasteiger partial charge in [0.25, 0.3) is 0 Å². The Morgan fingerprint density at radius 2 is 2.31 bits per heavy atom. The van der Waals surface area contributed by atoms with Crippen LogP contribution in [-0.4, -0.2) is 27.2 Å². The van der Waals surface area contributed by atoms with E-state index in [0.29, 0.717) is 11.3 Å². The van der Waals surface area contributed by atoms with E-state index in [4.69, 9.17) is 0 Å². The average Bonchev–Trinajstić information content (AvgIpc) is 2.90. The van der Waals surface area contributed by atoms with Crippen LogP contribution >= 0.6 is 23.3 Å². The van der Waals surface area contributed by atoms with E-state index in [2.05, 4.69) is 28.5 Å². The first-order chi connectivity index (χ1) is 7.83. The summed E-state index contributed by atoms with van der Waals surface area (Å²) in [6.07, 6.45) is 4.90. The third kappa shape index (κ3) is 2.96. The molecule has 1 aliphatic rings. The molecule has 0 spiro atoms. The Kier molecular flexibility index (Phi) is 4.61. The lowest BCUT2D eigenvalue weighted by Gasteiger charge is -2.18. The van der Waals surface area contributed by atoms with Crippen LogP contribution in [0.1, 0.15) is 38.9 Å². The second-order valence-electron chi connectivity index (χ2n) is 4.08. The van der Waals surface area contributed by atoms with E-state index in [1.54, 1.807) is 11.5 Å². The molecule has 0 amide bonds. The molecular formula is C11H19N3S2. The summed E-state index contributed by atoms with van der Waals surface area (Å²) in [6, 6.07) is 0.670. The van der Waals surface area contributed by atoms with Crippen LogP contribution in [-0.2, 0) is 6.42 Å². The first kappa shape index (κ1) is 12.3. The van der Waals surface area contributed by atoms with Gasteiger partial charge in [-0.1, -0.05) is 32.0 Å². The fourth-order valence-corrected chi connectivity index (χ4v) is 4.37. The van der Waals surface area contributed by atoms with Crippen LogP contribution in [0.4, 0.5) is 0 Å². The maximum absolute atomic E-state index is 4.53. The Hall–Kier alpha value is -0.130. The molecule has 0 aliphatic heterocycles. The van der Waals surface area contributed by atoms with E-state index in [1.807, 2.05) is 11.8 Å². The van der Waals surface area contributed by atoms with Crippen LogP contribution in [0.15, 0.2) is 4.34 Å². The second kappa shape index (κ2) is 5.98. The summed E-state index contributed by atoms with van der Waals surface area (Å²) in [5.74, 6) is 0.991. The molecule has 5 heteroatoms. The molecule has 2 rings (SSSR count). The first-order valence-electron chi connectivity index (χ1n) is 6.06. The number of hydrogen-bond donors (Lipinski definition) is 1. The van der Waals surface area contributed by atoms with E-state index >= 15 is 0 Å². The topological polar surface area (TPSA) is 37.8 Å². The van der Waals surface area contributed by atoms with Gasteiger partial charge in [-0.3, -0.25) is 0 Å². The summed E-state index contributed by atoms with van der Waals surface area (Å²) in [4.78, 5) is 4.53. The highest BCUT2D eigenvalue weighted by Gasteiger charge is 2.28. The van der Waals surface area contributed by atoms with Crippen molar-refractivity contribution in [3.05, 3.63) is 5.82 Å². The molecule has 1 aromatic rings. The van der Waals surface area contributed by atoms with Crippen molar-refractivity contribution >= 4 is 23.3 Å². The normalized spacial score (nSPS) is 25.1. The fraction of sp³-hybridized carbons (Fsp3) is 0.818. The van der Waals surface area contributed by atoms with Gasteiger partial charge >= 0.3 is 0 Å². The average molecular weight is 257 g/mol. The summed E-state index contributed by atoms with van der Waals surface area (Å²) in [5, 5.41) is 4.26. The zero-order valence-electron chi connectivity index (χ0n) is 9.90. The summed E-state index contributed by atoms with van der Waals surface area (Å²) >= 11 is 3.47. The molecule has 1 saturated carbocycles. The molecule has 2 atom stereocenters. The molecule has 90 valence electrons. The molecular weight excluding hydrogens is 238 g/mol. The molecule has 1 fully saturated rings. The number of thioether (sulfide) groups is 1. The minimum atomic E-state index is 0.670. The van der Waals surface area contributed by atoms with Gasteiger partial charge < -0.3 is 5.32 Å². The molecule has 3 nitrogen and oxygen atoms in total. The van der Waals surface area contributed by atoms with Crippen LogP contribution < -0.4 is 5.32 Å². The Morgan fingerprint density at radius 1 is 1.44 bits per heavy atom. The van der Waals surface area contributed by atoms with Crippen LogP contribution in [0, 0.1) is 0 Å². The zero-order valence-corrected chi connectivity index (χ0v) is 11.5. The third-order valence-electron chi connectivity index (χ3n) is 2.94. The highest BCUT2D eigenvalue weighted by atomic mass is 32.2. The number of aryl methyl sites for hydroxylation is 1. The predicted octanol–water partition coefficient (Wildman–Crippen LogP) is 2.72. The van der Waals surface area contributed by atoms with Gasteiger partial charge in [0.15, 0.2) is 4.34 Å². The van der Waals surface area contributed by atoms with Gasteiger partial charge in [-0.15, -0.1) is 0 Å². The van der Waals surface area contributed by atoms with Crippen molar-refractivity contribution in [1.29, 1.82) is 0 Å². The van der Waals surface area contributed by atoms with Crippen molar-refractivity contribution in [2.75, 3.05) is 6.54 Å². The van der Waals surface area contributed by atoms with Gasteiger partial charge in [-0.25, -0.2) is 4.98 Å². The Bertz CT molecular complexity index is 327. The number of hydrogen-bond acceptors (Lipinski definition) is 5. The van der Waals surface area contributed by atoms with Crippen LogP contribution in [0.3, 0.4) is 0 Å². The molecule has 1 N–H and O–H groups in total. The fourth-order valence-electron chi connectivity index (χ4n) is 2.12. The maximum atomic E-state index is 4.53. The number of rotatable bonds is 5. The van der Waals surface area contributed by atoms with Gasteiger partial charge in [0.2, 0.25) is 0 Å². The maximum Gasteiger partial charge on any atom is 0.170 e. The smallest absolute Gasteiger partial charge is 0.170 e. The molecule has 0 saturated heterocycles. The Labute approximate surface area is 106 Å². The lowest BCUT2D eigenvalue weighted by atomic mass is 10.2. The molecule has 1 aromatic heterocycles. The van der Waals surface area contributed by atoms with E-state index in [0.717, 1.165) is 23.1 Å².